The quantitative estimate of drug-likeness (QED) is 0.654. The van der Waals surface area contributed by atoms with E-state index in [4.69, 9.17) is 10.5 Å². The first kappa shape index (κ1) is 13.9. The summed E-state index contributed by atoms with van der Waals surface area (Å²) in [5, 5.41) is 19.8. The Morgan fingerprint density at radius 3 is 2.42 bits per heavy atom. The minimum absolute atomic E-state index is 0.213. The molecule has 106 valence electrons. The number of thiophene rings is 1. The molecule has 0 saturated carbocycles. The molecule has 0 aromatic carbocycles. The Morgan fingerprint density at radius 2 is 1.95 bits per heavy atom. The fourth-order valence-corrected chi connectivity index (χ4v) is 3.13. The van der Waals surface area contributed by atoms with E-state index < -0.39 is 18.2 Å². The maximum absolute atomic E-state index is 11.6. The molecule has 1 saturated heterocycles. The Hall–Kier alpha value is -1.51. The molecule has 8 heteroatoms. The molecule has 1 aromatic heterocycles. The van der Waals surface area contributed by atoms with E-state index in [0.29, 0.717) is 10.8 Å². The molecular weight excluding hydrogens is 272 g/mol. The third-order valence-electron chi connectivity index (χ3n) is 3.00. The predicted molar refractivity (Wildman–Crippen MR) is 70.8 cm³/mol. The van der Waals surface area contributed by atoms with E-state index in [-0.39, 0.29) is 23.7 Å². The van der Waals surface area contributed by atoms with Crippen LogP contribution in [0.5, 0.6) is 5.75 Å². The Balaban J connectivity index is 2.38. The molecule has 0 spiro atoms. The summed E-state index contributed by atoms with van der Waals surface area (Å²) < 4.78 is 9.86. The third-order valence-corrected chi connectivity index (χ3v) is 4.23. The number of hydrogen-bond donors (Lipinski definition) is 3. The summed E-state index contributed by atoms with van der Waals surface area (Å²) >= 11 is 1.12. The van der Waals surface area contributed by atoms with Gasteiger partial charge in [0.2, 0.25) is 0 Å². The Kier molecular flexibility index (Phi) is 3.83. The van der Waals surface area contributed by atoms with Crippen molar-refractivity contribution >= 4 is 28.0 Å². The molecule has 7 nitrogen and oxygen atoms in total. The monoisotopic (exact) mass is 288 g/mol. The van der Waals surface area contributed by atoms with Crippen LogP contribution in [0.3, 0.4) is 0 Å². The lowest BCUT2D eigenvalue weighted by Crippen LogP contribution is -2.22. The zero-order valence-electron chi connectivity index (χ0n) is 10.6. The second-order valence-electron chi connectivity index (χ2n) is 4.21. The number of nitrogens with zero attached hydrogens (tertiary/aromatic N) is 1. The zero-order chi connectivity index (χ0) is 14.2. The summed E-state index contributed by atoms with van der Waals surface area (Å²) in [6.07, 6.45) is -1.65. The summed E-state index contributed by atoms with van der Waals surface area (Å²) in [5.41, 5.74) is 6.07. The van der Waals surface area contributed by atoms with Crippen molar-refractivity contribution in [1.82, 2.24) is 0 Å². The van der Waals surface area contributed by atoms with Gasteiger partial charge < -0.3 is 30.3 Å². The fourth-order valence-electron chi connectivity index (χ4n) is 2.00. The topological polar surface area (TPSA) is 105 Å². The van der Waals surface area contributed by atoms with Crippen LogP contribution in [0.15, 0.2) is 0 Å². The van der Waals surface area contributed by atoms with Crippen LogP contribution in [0, 0.1) is 0 Å². The normalized spacial score (nSPS) is 22.6. The van der Waals surface area contributed by atoms with Gasteiger partial charge in [-0.05, 0) is 0 Å². The van der Waals surface area contributed by atoms with Gasteiger partial charge in [-0.2, -0.15) is 0 Å². The van der Waals surface area contributed by atoms with Crippen molar-refractivity contribution in [2.75, 3.05) is 37.9 Å². The van der Waals surface area contributed by atoms with Crippen LogP contribution in [0.4, 0.5) is 10.7 Å². The van der Waals surface area contributed by atoms with Crippen LogP contribution >= 0.6 is 11.3 Å². The number of carbonyl (C=O) groups is 1. The van der Waals surface area contributed by atoms with Crippen molar-refractivity contribution in [1.29, 1.82) is 0 Å². The molecule has 2 heterocycles. The molecule has 1 fully saturated rings. The smallest absolute Gasteiger partial charge is 0.350 e. The molecule has 4 N–H and O–H groups in total. The van der Waals surface area contributed by atoms with Crippen LogP contribution < -0.4 is 15.4 Å². The van der Waals surface area contributed by atoms with Crippen molar-refractivity contribution in [3.8, 4) is 5.75 Å². The molecule has 1 aromatic rings. The van der Waals surface area contributed by atoms with Gasteiger partial charge in [-0.3, -0.25) is 0 Å². The van der Waals surface area contributed by atoms with Gasteiger partial charge in [0.1, 0.15) is 15.6 Å². The van der Waals surface area contributed by atoms with E-state index in [9.17, 15) is 15.0 Å². The highest BCUT2D eigenvalue weighted by Gasteiger charge is 2.34. The van der Waals surface area contributed by atoms with Crippen LogP contribution in [-0.4, -0.2) is 55.7 Å². The van der Waals surface area contributed by atoms with Gasteiger partial charge in [0.15, 0.2) is 5.75 Å². The van der Waals surface area contributed by atoms with E-state index in [1.54, 1.807) is 4.90 Å². The molecule has 1 aliphatic rings. The van der Waals surface area contributed by atoms with Gasteiger partial charge >= 0.3 is 5.97 Å². The first-order valence-corrected chi connectivity index (χ1v) is 6.46. The summed E-state index contributed by atoms with van der Waals surface area (Å²) in [6.45, 7) is 0.524. The molecule has 0 bridgehead atoms. The number of esters is 1. The third kappa shape index (κ3) is 2.34. The number of carbonyl (C=O) groups excluding carboxylic acids is 1. The summed E-state index contributed by atoms with van der Waals surface area (Å²) in [5.74, 6) is -0.168. The summed E-state index contributed by atoms with van der Waals surface area (Å²) in [6, 6.07) is 0. The van der Waals surface area contributed by atoms with E-state index in [2.05, 4.69) is 4.74 Å². The minimum atomic E-state index is -0.824. The van der Waals surface area contributed by atoms with Crippen LogP contribution in [0.1, 0.15) is 9.67 Å². The van der Waals surface area contributed by atoms with E-state index in [1.165, 1.54) is 14.2 Å². The van der Waals surface area contributed by atoms with Crippen LogP contribution in [-0.2, 0) is 4.74 Å². The molecule has 19 heavy (non-hydrogen) atoms. The summed E-state index contributed by atoms with van der Waals surface area (Å²) in [4.78, 5) is 13.6. The highest BCUT2D eigenvalue weighted by Crippen LogP contribution is 2.45. The average molecular weight is 288 g/mol. The fraction of sp³-hybridized carbons (Fsp3) is 0.545. The number of aliphatic hydroxyl groups is 2. The lowest BCUT2D eigenvalue weighted by atomic mass is 10.3. The lowest BCUT2D eigenvalue weighted by Gasteiger charge is -2.16. The number of nitrogens with two attached hydrogens (primary N) is 1. The number of ether oxygens (including phenoxy) is 2. The van der Waals surface area contributed by atoms with Gasteiger partial charge in [-0.15, -0.1) is 11.3 Å². The highest BCUT2D eigenvalue weighted by atomic mass is 32.1. The Morgan fingerprint density at radius 1 is 1.37 bits per heavy atom. The molecule has 2 rings (SSSR count). The molecule has 0 aliphatic carbocycles. The number of β-amino-alcohol motifs (C(OH)–C–C–N with tert-alkyl or cyclic N) is 2. The zero-order valence-corrected chi connectivity index (χ0v) is 11.4. The maximum atomic E-state index is 11.6. The van der Waals surface area contributed by atoms with E-state index in [1.807, 2.05) is 0 Å². The second kappa shape index (κ2) is 5.24. The standard InChI is InChI=1S/C11H16N2O5S/c1-17-8-7(12)9(11(16)18-2)19-10(8)13-3-5(14)6(15)4-13/h5-6,14-15H,3-4,12H2,1-2H3. The number of rotatable bonds is 3. The predicted octanol–water partition coefficient (Wildman–Crippen LogP) is -0.333. The molecule has 0 radical (unpaired) electrons. The van der Waals surface area contributed by atoms with Gasteiger partial charge in [-0.25, -0.2) is 4.79 Å². The van der Waals surface area contributed by atoms with Gasteiger partial charge in [0.25, 0.3) is 0 Å². The first-order chi connectivity index (χ1) is 8.99. The molecular formula is C11H16N2O5S. The lowest BCUT2D eigenvalue weighted by molar-refractivity contribution is 0.0572. The highest BCUT2D eigenvalue weighted by molar-refractivity contribution is 7.19. The molecule has 2 atom stereocenters. The van der Waals surface area contributed by atoms with E-state index in [0.717, 1.165) is 11.3 Å². The number of hydrogen-bond acceptors (Lipinski definition) is 8. The van der Waals surface area contributed by atoms with Gasteiger partial charge in [0, 0.05) is 13.1 Å². The van der Waals surface area contributed by atoms with Gasteiger partial charge in [0.05, 0.1) is 26.4 Å². The first-order valence-electron chi connectivity index (χ1n) is 5.65. The molecule has 1 aliphatic heterocycles. The Labute approximate surface area is 114 Å². The van der Waals surface area contributed by atoms with Gasteiger partial charge in [-0.1, -0.05) is 0 Å². The van der Waals surface area contributed by atoms with E-state index >= 15 is 0 Å². The van der Waals surface area contributed by atoms with Crippen molar-refractivity contribution in [3.05, 3.63) is 4.88 Å². The maximum Gasteiger partial charge on any atom is 0.350 e. The Bertz CT molecular complexity index is 480. The van der Waals surface area contributed by atoms with Crippen molar-refractivity contribution in [3.63, 3.8) is 0 Å². The molecule has 0 amide bonds. The summed E-state index contributed by atoms with van der Waals surface area (Å²) in [7, 11) is 2.73. The van der Waals surface area contributed by atoms with Crippen LogP contribution in [0.25, 0.3) is 0 Å². The largest absolute Gasteiger partial charge is 0.492 e. The number of anilines is 2. The van der Waals surface area contributed by atoms with Crippen molar-refractivity contribution in [2.45, 2.75) is 12.2 Å². The number of aliphatic hydroxyl groups excluding tert-OH is 2. The van der Waals surface area contributed by atoms with Crippen LogP contribution in [0.2, 0.25) is 0 Å². The average Bonchev–Trinajstić information content (AvgIpc) is 2.89. The molecule has 2 unspecified atom stereocenters. The van der Waals surface area contributed by atoms with Crippen molar-refractivity contribution < 1.29 is 24.5 Å². The number of methoxy groups -OCH3 is 2. The van der Waals surface area contributed by atoms with Crippen molar-refractivity contribution in [2.24, 2.45) is 0 Å². The number of nitrogen functional groups attached to an aromatic ring is 1. The SMILES string of the molecule is COC(=O)c1sc(N2CC(O)C(O)C2)c(OC)c1N. The minimum Gasteiger partial charge on any atom is -0.492 e. The second-order valence-corrected chi connectivity index (χ2v) is 5.21.